The molecule has 4 aromatic rings. The second kappa shape index (κ2) is 9.82. The highest BCUT2D eigenvalue weighted by Gasteiger charge is 2.42. The molecule has 0 spiro atoms. The van der Waals surface area contributed by atoms with Crippen LogP contribution < -0.4 is 14.9 Å². The molecule has 1 aliphatic rings. The fourth-order valence-electron chi connectivity index (χ4n) is 4.79. The maximum atomic E-state index is 13.7. The SMILES string of the molecule is CCc1ccc(C2c3c(oc4ccc(Br)cc4c3=O)C(=O)N2CCc2ccc(OC)c(OC)c2)cc1. The number of benzene rings is 3. The van der Waals surface area contributed by atoms with Crippen LogP contribution in [0.2, 0.25) is 0 Å². The van der Waals surface area contributed by atoms with E-state index in [0.29, 0.717) is 41.0 Å². The van der Waals surface area contributed by atoms with E-state index < -0.39 is 6.04 Å². The molecule has 1 aromatic heterocycles. The Bertz CT molecular complexity index is 1510. The van der Waals surface area contributed by atoms with Crippen LogP contribution in [-0.4, -0.2) is 31.6 Å². The predicted octanol–water partition coefficient (Wildman–Crippen LogP) is 5.92. The van der Waals surface area contributed by atoms with Crippen LogP contribution in [0, 0.1) is 0 Å². The molecular formula is C29H26BrNO5. The zero-order chi connectivity index (χ0) is 25.4. The lowest BCUT2D eigenvalue weighted by Crippen LogP contribution is -2.31. The molecule has 0 fully saturated rings. The van der Waals surface area contributed by atoms with Gasteiger partial charge in [0.2, 0.25) is 5.76 Å². The molecule has 36 heavy (non-hydrogen) atoms. The van der Waals surface area contributed by atoms with E-state index in [9.17, 15) is 9.59 Å². The second-order valence-electron chi connectivity index (χ2n) is 8.75. The molecule has 5 rings (SSSR count). The van der Waals surface area contributed by atoms with E-state index in [0.717, 1.165) is 22.0 Å². The fourth-order valence-corrected chi connectivity index (χ4v) is 5.15. The minimum Gasteiger partial charge on any atom is -0.493 e. The molecule has 7 heteroatoms. The van der Waals surface area contributed by atoms with Crippen molar-refractivity contribution in [2.75, 3.05) is 20.8 Å². The number of aryl methyl sites for hydroxylation is 1. The molecular weight excluding hydrogens is 522 g/mol. The van der Waals surface area contributed by atoms with Crippen molar-refractivity contribution < 1.29 is 18.7 Å². The van der Waals surface area contributed by atoms with Gasteiger partial charge in [0.15, 0.2) is 16.9 Å². The summed E-state index contributed by atoms with van der Waals surface area (Å²) in [5.41, 5.74) is 3.67. The van der Waals surface area contributed by atoms with Crippen LogP contribution in [0.25, 0.3) is 11.0 Å². The number of fused-ring (bicyclic) bond motifs is 2. The van der Waals surface area contributed by atoms with Crippen LogP contribution in [-0.2, 0) is 12.8 Å². The summed E-state index contributed by atoms with van der Waals surface area (Å²) in [4.78, 5) is 29.1. The lowest BCUT2D eigenvalue weighted by molar-refractivity contribution is 0.0730. The van der Waals surface area contributed by atoms with Crippen molar-refractivity contribution in [2.24, 2.45) is 0 Å². The third kappa shape index (κ3) is 4.17. The molecule has 0 bridgehead atoms. The van der Waals surface area contributed by atoms with Gasteiger partial charge in [-0.2, -0.15) is 0 Å². The fraction of sp³-hybridized carbons (Fsp3) is 0.241. The number of carbonyl (C=O) groups is 1. The molecule has 184 valence electrons. The van der Waals surface area contributed by atoms with Crippen LogP contribution in [0.1, 0.15) is 45.8 Å². The lowest BCUT2D eigenvalue weighted by atomic mass is 9.97. The number of methoxy groups -OCH3 is 2. The normalized spacial score (nSPS) is 14.8. The molecule has 1 atom stereocenters. The average Bonchev–Trinajstić information content (AvgIpc) is 3.19. The molecule has 2 heterocycles. The predicted molar refractivity (Wildman–Crippen MR) is 142 cm³/mol. The summed E-state index contributed by atoms with van der Waals surface area (Å²) in [6.45, 7) is 2.50. The second-order valence-corrected chi connectivity index (χ2v) is 9.67. The van der Waals surface area contributed by atoms with Crippen molar-refractivity contribution in [1.82, 2.24) is 4.90 Å². The molecule has 1 unspecified atom stereocenters. The van der Waals surface area contributed by atoms with Gasteiger partial charge in [0.05, 0.1) is 31.2 Å². The summed E-state index contributed by atoms with van der Waals surface area (Å²) in [6.07, 6.45) is 1.48. The Kier molecular flexibility index (Phi) is 6.58. The number of hydrogen-bond acceptors (Lipinski definition) is 5. The molecule has 1 amide bonds. The van der Waals surface area contributed by atoms with Gasteiger partial charge in [0.1, 0.15) is 5.58 Å². The van der Waals surface area contributed by atoms with E-state index in [-0.39, 0.29) is 17.1 Å². The summed E-state index contributed by atoms with van der Waals surface area (Å²) in [5.74, 6) is 1.11. The van der Waals surface area contributed by atoms with E-state index >= 15 is 0 Å². The molecule has 6 nitrogen and oxygen atoms in total. The van der Waals surface area contributed by atoms with Gasteiger partial charge in [-0.1, -0.05) is 53.2 Å². The summed E-state index contributed by atoms with van der Waals surface area (Å²) in [5, 5.41) is 0.452. The number of carbonyl (C=O) groups excluding carboxylic acids is 1. The maximum absolute atomic E-state index is 13.7. The van der Waals surface area contributed by atoms with Crippen molar-refractivity contribution in [3.05, 3.63) is 103 Å². The Balaban J connectivity index is 1.58. The smallest absolute Gasteiger partial charge is 0.290 e. The molecule has 0 saturated carbocycles. The Morgan fingerprint density at radius 1 is 0.917 bits per heavy atom. The molecule has 3 aromatic carbocycles. The first-order valence-electron chi connectivity index (χ1n) is 11.8. The topological polar surface area (TPSA) is 69.0 Å². The largest absolute Gasteiger partial charge is 0.493 e. The van der Waals surface area contributed by atoms with Crippen molar-refractivity contribution in [2.45, 2.75) is 25.8 Å². The Morgan fingerprint density at radius 3 is 2.33 bits per heavy atom. The quantitative estimate of drug-likeness (QED) is 0.287. The van der Waals surface area contributed by atoms with E-state index in [1.165, 1.54) is 5.56 Å². The number of halogens is 1. The number of nitrogens with zero attached hydrogens (tertiary/aromatic N) is 1. The average molecular weight is 548 g/mol. The highest BCUT2D eigenvalue weighted by molar-refractivity contribution is 9.10. The van der Waals surface area contributed by atoms with Crippen LogP contribution in [0.3, 0.4) is 0 Å². The van der Waals surface area contributed by atoms with E-state index in [4.69, 9.17) is 13.9 Å². The summed E-state index contributed by atoms with van der Waals surface area (Å²) in [6, 6.07) is 18.5. The molecule has 0 radical (unpaired) electrons. The van der Waals surface area contributed by atoms with Gasteiger partial charge >= 0.3 is 0 Å². The maximum Gasteiger partial charge on any atom is 0.290 e. The Morgan fingerprint density at radius 2 is 1.64 bits per heavy atom. The molecule has 1 aliphatic heterocycles. The van der Waals surface area contributed by atoms with Crippen molar-refractivity contribution in [3.8, 4) is 11.5 Å². The van der Waals surface area contributed by atoms with Crippen molar-refractivity contribution in [1.29, 1.82) is 0 Å². The standard InChI is InChI=1S/C29H26BrNO5/c1-4-17-5-8-19(9-6-17)26-25-27(32)21-16-20(30)10-12-22(21)36-28(25)29(33)31(26)14-13-18-7-11-23(34-2)24(15-18)35-3/h5-12,15-16,26H,4,13-14H2,1-3H3. The van der Waals surface area contributed by atoms with Crippen LogP contribution in [0.15, 0.2) is 74.3 Å². The van der Waals surface area contributed by atoms with Gasteiger partial charge < -0.3 is 18.8 Å². The summed E-state index contributed by atoms with van der Waals surface area (Å²) < 4.78 is 17.6. The van der Waals surface area contributed by atoms with Gasteiger partial charge in [-0.15, -0.1) is 0 Å². The zero-order valence-corrected chi connectivity index (χ0v) is 21.9. The third-order valence-corrected chi connectivity index (χ3v) is 7.21. The van der Waals surface area contributed by atoms with Gasteiger partial charge in [0, 0.05) is 11.0 Å². The van der Waals surface area contributed by atoms with E-state index in [1.807, 2.05) is 42.5 Å². The molecule has 0 N–H and O–H groups in total. The summed E-state index contributed by atoms with van der Waals surface area (Å²) >= 11 is 3.44. The first-order valence-corrected chi connectivity index (χ1v) is 12.6. The summed E-state index contributed by atoms with van der Waals surface area (Å²) in [7, 11) is 3.19. The minimum absolute atomic E-state index is 0.117. The third-order valence-electron chi connectivity index (χ3n) is 6.72. The number of hydrogen-bond donors (Lipinski definition) is 0. The first kappa shape index (κ1) is 24.1. The van der Waals surface area contributed by atoms with E-state index in [1.54, 1.807) is 37.3 Å². The van der Waals surface area contributed by atoms with Gasteiger partial charge in [0.25, 0.3) is 5.91 Å². The highest BCUT2D eigenvalue weighted by Crippen LogP contribution is 2.39. The van der Waals surface area contributed by atoms with Gasteiger partial charge in [-0.3, -0.25) is 9.59 Å². The first-order chi connectivity index (χ1) is 17.4. The van der Waals surface area contributed by atoms with Gasteiger partial charge in [-0.05, 0) is 59.9 Å². The van der Waals surface area contributed by atoms with Crippen molar-refractivity contribution >= 4 is 32.8 Å². The van der Waals surface area contributed by atoms with Crippen LogP contribution in [0.5, 0.6) is 11.5 Å². The Labute approximate surface area is 217 Å². The molecule has 0 saturated heterocycles. The number of rotatable bonds is 7. The zero-order valence-electron chi connectivity index (χ0n) is 20.3. The van der Waals surface area contributed by atoms with Crippen molar-refractivity contribution in [3.63, 3.8) is 0 Å². The lowest BCUT2D eigenvalue weighted by Gasteiger charge is -2.25. The van der Waals surface area contributed by atoms with Gasteiger partial charge in [-0.25, -0.2) is 0 Å². The number of amides is 1. The molecule has 0 aliphatic carbocycles. The minimum atomic E-state index is -0.529. The van der Waals surface area contributed by atoms with Crippen LogP contribution in [0.4, 0.5) is 0 Å². The van der Waals surface area contributed by atoms with E-state index in [2.05, 4.69) is 22.9 Å². The monoisotopic (exact) mass is 547 g/mol. The van der Waals surface area contributed by atoms with Crippen LogP contribution >= 0.6 is 15.9 Å². The number of ether oxygens (including phenoxy) is 2. The highest BCUT2D eigenvalue weighted by atomic mass is 79.9. The Hall–Kier alpha value is -3.58.